The number of fused-ring (bicyclic) bond motifs is 1. The summed E-state index contributed by atoms with van der Waals surface area (Å²) in [6.45, 7) is 3.71. The molecule has 6 heteroatoms. The predicted molar refractivity (Wildman–Crippen MR) is 123 cm³/mol. The van der Waals surface area contributed by atoms with E-state index in [9.17, 15) is 0 Å². The Bertz CT molecular complexity index is 898. The molecule has 3 heterocycles. The lowest BCUT2D eigenvalue weighted by molar-refractivity contribution is 0.165. The van der Waals surface area contributed by atoms with Gasteiger partial charge >= 0.3 is 0 Å². The van der Waals surface area contributed by atoms with E-state index in [1.54, 1.807) is 0 Å². The highest BCUT2D eigenvalue weighted by molar-refractivity contribution is 6.10. The maximum Gasteiger partial charge on any atom is 0.160 e. The molecule has 162 valence electrons. The number of nitrogens with zero attached hydrogens (tertiary/aromatic N) is 5. The van der Waals surface area contributed by atoms with Gasteiger partial charge in [-0.05, 0) is 56.6 Å². The number of piperidine rings is 1. The first-order chi connectivity index (χ1) is 14.7. The van der Waals surface area contributed by atoms with Crippen LogP contribution in [0.3, 0.4) is 0 Å². The molecule has 1 saturated heterocycles. The summed E-state index contributed by atoms with van der Waals surface area (Å²) < 4.78 is 1.86. The summed E-state index contributed by atoms with van der Waals surface area (Å²) in [7, 11) is 1.96. The third kappa shape index (κ3) is 4.11. The van der Waals surface area contributed by atoms with Gasteiger partial charge in [-0.25, -0.2) is 9.67 Å². The van der Waals surface area contributed by atoms with E-state index in [1.165, 1.54) is 89.6 Å². The zero-order chi connectivity index (χ0) is 20.5. The van der Waals surface area contributed by atoms with Crippen molar-refractivity contribution in [1.82, 2.24) is 19.7 Å². The van der Waals surface area contributed by atoms with Gasteiger partial charge in [0.05, 0.1) is 11.8 Å². The third-order valence-electron chi connectivity index (χ3n) is 7.56. The van der Waals surface area contributed by atoms with Crippen LogP contribution >= 0.6 is 0 Å². The number of hydrogen-bond acceptors (Lipinski definition) is 5. The monoisotopic (exact) mass is 408 g/mol. The van der Waals surface area contributed by atoms with Crippen molar-refractivity contribution in [3.8, 4) is 0 Å². The van der Waals surface area contributed by atoms with Gasteiger partial charge in [0.25, 0.3) is 0 Å². The van der Waals surface area contributed by atoms with Crippen LogP contribution in [0, 0.1) is 11.8 Å². The van der Waals surface area contributed by atoms with Crippen molar-refractivity contribution in [2.45, 2.75) is 70.3 Å². The van der Waals surface area contributed by atoms with Crippen LogP contribution in [0.1, 0.15) is 69.9 Å². The second-order valence-corrected chi connectivity index (χ2v) is 9.76. The summed E-state index contributed by atoms with van der Waals surface area (Å²) in [6, 6.07) is 4.39. The smallest absolute Gasteiger partial charge is 0.160 e. The average molecular weight is 409 g/mol. The summed E-state index contributed by atoms with van der Waals surface area (Å²) in [5.41, 5.74) is 9.04. The molecule has 2 aliphatic carbocycles. The Hall–Kier alpha value is -1.95. The van der Waals surface area contributed by atoms with Gasteiger partial charge in [-0.2, -0.15) is 5.10 Å². The van der Waals surface area contributed by atoms with E-state index < -0.39 is 0 Å². The number of aliphatic imine (C=N–C) groups is 1. The topological polar surface area (TPSA) is 72.3 Å². The highest BCUT2D eigenvalue weighted by Gasteiger charge is 2.30. The molecule has 0 bridgehead atoms. The molecule has 0 spiro atoms. The lowest BCUT2D eigenvalue weighted by Gasteiger charge is -2.35. The van der Waals surface area contributed by atoms with Crippen LogP contribution in [0.5, 0.6) is 0 Å². The maximum atomic E-state index is 5.92. The van der Waals surface area contributed by atoms with Crippen molar-refractivity contribution in [3.63, 3.8) is 0 Å². The van der Waals surface area contributed by atoms with Crippen molar-refractivity contribution < 1.29 is 0 Å². The van der Waals surface area contributed by atoms with E-state index in [2.05, 4.69) is 16.0 Å². The van der Waals surface area contributed by atoms with Gasteiger partial charge in [0.1, 0.15) is 11.5 Å². The molecule has 3 aliphatic rings. The van der Waals surface area contributed by atoms with E-state index in [4.69, 9.17) is 15.8 Å². The molecule has 3 fully saturated rings. The molecule has 6 nitrogen and oxygen atoms in total. The minimum atomic E-state index is 0.432. The molecule has 0 amide bonds. The van der Waals surface area contributed by atoms with Gasteiger partial charge in [-0.1, -0.05) is 25.7 Å². The fraction of sp³-hybridized carbons (Fsp3) is 0.708. The second kappa shape index (κ2) is 8.66. The van der Waals surface area contributed by atoms with Crippen LogP contribution in [0.4, 0.5) is 5.82 Å². The van der Waals surface area contributed by atoms with E-state index in [-0.39, 0.29) is 0 Å². The number of aromatic nitrogens is 3. The van der Waals surface area contributed by atoms with Crippen LogP contribution in [0.2, 0.25) is 0 Å². The number of hydrogen-bond donors (Lipinski definition) is 1. The lowest BCUT2D eigenvalue weighted by Crippen LogP contribution is -2.39. The van der Waals surface area contributed by atoms with Crippen LogP contribution in [0.25, 0.3) is 11.0 Å². The molecule has 2 N–H and O–H groups in total. The van der Waals surface area contributed by atoms with E-state index in [0.717, 1.165) is 22.6 Å². The Morgan fingerprint density at radius 3 is 2.50 bits per heavy atom. The number of nitrogens with two attached hydrogens (primary N) is 1. The minimum Gasteiger partial charge on any atom is -0.384 e. The predicted octanol–water partition coefficient (Wildman–Crippen LogP) is 4.18. The molecule has 2 saturated carbocycles. The normalized spacial score (nSPS) is 23.2. The fourth-order valence-electron chi connectivity index (χ4n) is 5.54. The number of nitrogen functional groups attached to an aromatic ring is 1. The summed E-state index contributed by atoms with van der Waals surface area (Å²) >= 11 is 0. The molecule has 1 aliphatic heterocycles. The van der Waals surface area contributed by atoms with Crippen LogP contribution in [-0.4, -0.2) is 51.1 Å². The summed E-state index contributed by atoms with van der Waals surface area (Å²) in [5.74, 6) is 2.04. The molecule has 2 aromatic heterocycles. The second-order valence-electron chi connectivity index (χ2n) is 9.76. The van der Waals surface area contributed by atoms with Crippen LogP contribution in [0.15, 0.2) is 17.1 Å². The van der Waals surface area contributed by atoms with Gasteiger partial charge in [-0.15, -0.1) is 0 Å². The highest BCUT2D eigenvalue weighted by Crippen LogP contribution is 2.34. The molecule has 0 unspecified atom stereocenters. The van der Waals surface area contributed by atoms with E-state index in [0.29, 0.717) is 17.8 Å². The van der Waals surface area contributed by atoms with Crippen molar-refractivity contribution in [1.29, 1.82) is 0 Å². The number of anilines is 1. The summed E-state index contributed by atoms with van der Waals surface area (Å²) in [5, 5.41) is 5.94. The van der Waals surface area contributed by atoms with E-state index in [1.807, 2.05) is 17.8 Å². The highest BCUT2D eigenvalue weighted by atomic mass is 15.3. The quantitative estimate of drug-likeness (QED) is 0.753. The van der Waals surface area contributed by atoms with Crippen molar-refractivity contribution in [2.75, 3.05) is 25.4 Å². The standard InChI is InChI=1S/C24H36N6/c1-29-24-20(10-11-21(25)27-24)23(28-29)22(18-8-5-9-18)26-19-12-14-30(15-13-19)16-17-6-3-2-4-7-17/h10-11,17-19H,2-9,12-16H2,1H3,(H2,25,27). The number of aryl methyl sites for hydroxylation is 1. The van der Waals surface area contributed by atoms with Gasteiger partial charge in [0, 0.05) is 38.0 Å². The number of pyridine rings is 1. The van der Waals surface area contributed by atoms with Crippen LogP contribution < -0.4 is 5.73 Å². The Morgan fingerprint density at radius 2 is 1.80 bits per heavy atom. The average Bonchev–Trinajstić information content (AvgIpc) is 3.04. The fourth-order valence-corrected chi connectivity index (χ4v) is 5.54. The molecule has 0 aromatic carbocycles. The summed E-state index contributed by atoms with van der Waals surface area (Å²) in [6.07, 6.45) is 13.3. The third-order valence-corrected chi connectivity index (χ3v) is 7.56. The molecule has 5 rings (SSSR count). The first-order valence-corrected chi connectivity index (χ1v) is 12.1. The van der Waals surface area contributed by atoms with Crippen molar-refractivity contribution >= 4 is 22.6 Å². The van der Waals surface area contributed by atoms with Gasteiger partial charge < -0.3 is 10.6 Å². The van der Waals surface area contributed by atoms with E-state index >= 15 is 0 Å². The van der Waals surface area contributed by atoms with Gasteiger partial charge in [0.15, 0.2) is 5.65 Å². The molecule has 30 heavy (non-hydrogen) atoms. The molecule has 0 radical (unpaired) electrons. The molecular weight excluding hydrogens is 372 g/mol. The van der Waals surface area contributed by atoms with Crippen LogP contribution in [-0.2, 0) is 7.05 Å². The zero-order valence-corrected chi connectivity index (χ0v) is 18.4. The Balaban J connectivity index is 1.32. The molecular formula is C24H36N6. The Labute approximate surface area is 179 Å². The Kier molecular flexibility index (Phi) is 5.77. The first-order valence-electron chi connectivity index (χ1n) is 12.1. The SMILES string of the molecule is Cn1nc(C(=NC2CCN(CC3CCCCC3)CC2)C2CCC2)c2ccc(N)nc21. The minimum absolute atomic E-state index is 0.432. The zero-order valence-electron chi connectivity index (χ0n) is 18.4. The van der Waals surface area contributed by atoms with Gasteiger partial charge in [0.2, 0.25) is 0 Å². The molecule has 2 aromatic rings. The van der Waals surface area contributed by atoms with Crippen molar-refractivity contribution in [3.05, 3.63) is 17.8 Å². The first kappa shape index (κ1) is 20.0. The lowest BCUT2D eigenvalue weighted by atomic mass is 9.80. The Morgan fingerprint density at radius 1 is 1.03 bits per heavy atom. The molecule has 0 atom stereocenters. The summed E-state index contributed by atoms with van der Waals surface area (Å²) in [4.78, 5) is 12.6. The largest absolute Gasteiger partial charge is 0.384 e. The number of rotatable bonds is 5. The maximum absolute atomic E-state index is 5.92. The number of likely N-dealkylation sites (tertiary alicyclic amines) is 1. The van der Waals surface area contributed by atoms with Gasteiger partial charge in [-0.3, -0.25) is 4.99 Å². The van der Waals surface area contributed by atoms with Crippen molar-refractivity contribution in [2.24, 2.45) is 23.9 Å².